The lowest BCUT2D eigenvalue weighted by molar-refractivity contribution is 0.191. The van der Waals surface area contributed by atoms with E-state index < -0.39 is 0 Å². The molecule has 2 nitrogen and oxygen atoms in total. The van der Waals surface area contributed by atoms with Gasteiger partial charge in [-0.2, -0.15) is 0 Å². The fourth-order valence-corrected chi connectivity index (χ4v) is 2.63. The zero-order valence-electron chi connectivity index (χ0n) is 10.7. The number of rotatable bonds is 6. The van der Waals surface area contributed by atoms with Gasteiger partial charge in [-0.1, -0.05) is 24.6 Å². The zero-order valence-corrected chi connectivity index (χ0v) is 11.5. The second kappa shape index (κ2) is 6.00. The molecule has 4 heteroatoms. The Balaban J connectivity index is 2.22. The Bertz CT molecular complexity index is 407. The molecular weight excluding hydrogens is 251 g/mol. The molecule has 0 spiro atoms. The van der Waals surface area contributed by atoms with E-state index in [9.17, 15) is 4.39 Å². The summed E-state index contributed by atoms with van der Waals surface area (Å²) in [7, 11) is 0. The monoisotopic (exact) mass is 270 g/mol. The topological polar surface area (TPSA) is 29.3 Å². The van der Waals surface area contributed by atoms with Crippen molar-refractivity contribution >= 4 is 11.6 Å². The van der Waals surface area contributed by atoms with Gasteiger partial charge in [0.15, 0.2) is 0 Å². The summed E-state index contributed by atoms with van der Waals surface area (Å²) in [5.74, 6) is -0.371. The number of nitrogens with two attached hydrogens (primary N) is 1. The number of hydrogen-bond donors (Lipinski definition) is 1. The minimum atomic E-state index is -0.371. The van der Waals surface area contributed by atoms with E-state index in [-0.39, 0.29) is 16.9 Å². The van der Waals surface area contributed by atoms with Gasteiger partial charge < -0.3 is 5.73 Å². The molecule has 0 bridgehead atoms. The van der Waals surface area contributed by atoms with Crippen LogP contribution in [0.25, 0.3) is 0 Å². The number of halogens is 2. The van der Waals surface area contributed by atoms with E-state index in [2.05, 4.69) is 11.8 Å². The summed E-state index contributed by atoms with van der Waals surface area (Å²) in [6.45, 7) is 3.74. The van der Waals surface area contributed by atoms with Crippen LogP contribution in [-0.4, -0.2) is 24.0 Å². The highest BCUT2D eigenvalue weighted by Crippen LogP contribution is 2.35. The van der Waals surface area contributed by atoms with Gasteiger partial charge >= 0.3 is 0 Å². The molecule has 1 aliphatic rings. The number of hydrogen-bond acceptors (Lipinski definition) is 2. The van der Waals surface area contributed by atoms with Gasteiger partial charge in [-0.15, -0.1) is 0 Å². The molecule has 1 fully saturated rings. The second-order valence-corrected chi connectivity index (χ2v) is 5.30. The molecule has 1 unspecified atom stereocenters. The van der Waals surface area contributed by atoms with Gasteiger partial charge in [-0.25, -0.2) is 4.39 Å². The van der Waals surface area contributed by atoms with Gasteiger partial charge in [0.1, 0.15) is 5.82 Å². The lowest BCUT2D eigenvalue weighted by atomic mass is 10.0. The Hall–Kier alpha value is -0.640. The molecule has 0 saturated heterocycles. The molecule has 100 valence electrons. The van der Waals surface area contributed by atoms with Gasteiger partial charge in [0.25, 0.3) is 0 Å². The lowest BCUT2D eigenvalue weighted by Gasteiger charge is -2.31. The molecule has 1 aromatic carbocycles. The highest BCUT2D eigenvalue weighted by Gasteiger charge is 2.33. The number of benzene rings is 1. The Morgan fingerprint density at radius 3 is 2.72 bits per heavy atom. The third-order valence-corrected chi connectivity index (χ3v) is 3.74. The fourth-order valence-electron chi connectivity index (χ4n) is 2.44. The van der Waals surface area contributed by atoms with Crippen LogP contribution in [0.5, 0.6) is 0 Å². The molecule has 18 heavy (non-hydrogen) atoms. The van der Waals surface area contributed by atoms with E-state index >= 15 is 0 Å². The second-order valence-electron chi connectivity index (χ2n) is 4.89. The first-order valence-electron chi connectivity index (χ1n) is 6.58. The molecule has 2 rings (SSSR count). The molecule has 0 radical (unpaired) electrons. The molecule has 1 atom stereocenters. The summed E-state index contributed by atoms with van der Waals surface area (Å²) in [6, 6.07) is 5.72. The van der Waals surface area contributed by atoms with Crippen molar-refractivity contribution in [3.05, 3.63) is 34.6 Å². The van der Waals surface area contributed by atoms with E-state index in [1.54, 1.807) is 12.1 Å². The van der Waals surface area contributed by atoms with Crippen molar-refractivity contribution in [2.45, 2.75) is 38.3 Å². The molecule has 2 N–H and O–H groups in total. The first kappa shape index (κ1) is 13.8. The molecule has 1 saturated carbocycles. The average molecular weight is 271 g/mol. The third-order valence-electron chi connectivity index (χ3n) is 3.45. The van der Waals surface area contributed by atoms with Crippen molar-refractivity contribution in [1.82, 2.24) is 4.90 Å². The van der Waals surface area contributed by atoms with Crippen LogP contribution in [0, 0.1) is 5.82 Å². The lowest BCUT2D eigenvalue weighted by Crippen LogP contribution is -2.36. The summed E-state index contributed by atoms with van der Waals surface area (Å²) in [5, 5.41) is 0.179. The highest BCUT2D eigenvalue weighted by molar-refractivity contribution is 6.30. The van der Waals surface area contributed by atoms with E-state index in [0.29, 0.717) is 12.6 Å². The first-order valence-corrected chi connectivity index (χ1v) is 6.96. The summed E-state index contributed by atoms with van der Waals surface area (Å²) >= 11 is 5.86. The Morgan fingerprint density at radius 2 is 2.22 bits per heavy atom. The van der Waals surface area contributed by atoms with Crippen molar-refractivity contribution in [2.24, 2.45) is 5.73 Å². The predicted octanol–water partition coefficient (Wildman–Crippen LogP) is 3.35. The standard InChI is InChI=1S/C14H20ClFN2/c1-2-7-18(11-4-5-11)14(9-17)10-3-6-13(16)12(15)8-10/h3,6,8,11,14H,2,4-5,7,9,17H2,1H3. The van der Waals surface area contributed by atoms with Crippen LogP contribution in [0.2, 0.25) is 5.02 Å². The smallest absolute Gasteiger partial charge is 0.141 e. The maximum Gasteiger partial charge on any atom is 0.141 e. The summed E-state index contributed by atoms with van der Waals surface area (Å²) in [4.78, 5) is 2.43. The Morgan fingerprint density at radius 1 is 1.50 bits per heavy atom. The fraction of sp³-hybridized carbons (Fsp3) is 0.571. The summed E-state index contributed by atoms with van der Waals surface area (Å²) < 4.78 is 13.2. The normalized spacial score (nSPS) is 17.2. The molecule has 0 heterocycles. The molecule has 0 aliphatic heterocycles. The molecule has 0 amide bonds. The van der Waals surface area contributed by atoms with Crippen molar-refractivity contribution in [2.75, 3.05) is 13.1 Å². The Kier molecular flexibility index (Phi) is 4.60. The van der Waals surface area contributed by atoms with Gasteiger partial charge in [-0.05, 0) is 43.5 Å². The van der Waals surface area contributed by atoms with Crippen molar-refractivity contribution in [1.29, 1.82) is 0 Å². The SMILES string of the molecule is CCCN(C1CC1)C(CN)c1ccc(F)c(Cl)c1. The van der Waals surface area contributed by atoms with Crippen LogP contribution in [0.4, 0.5) is 4.39 Å². The van der Waals surface area contributed by atoms with Crippen LogP contribution in [0.15, 0.2) is 18.2 Å². The van der Waals surface area contributed by atoms with Crippen LogP contribution in [0.1, 0.15) is 37.8 Å². The van der Waals surface area contributed by atoms with E-state index in [1.165, 1.54) is 18.9 Å². The van der Waals surface area contributed by atoms with Crippen LogP contribution >= 0.6 is 11.6 Å². The Labute approximate surface area is 113 Å². The van der Waals surface area contributed by atoms with Crippen LogP contribution < -0.4 is 5.73 Å². The molecule has 1 aromatic rings. The maximum atomic E-state index is 13.2. The van der Waals surface area contributed by atoms with Gasteiger partial charge in [0, 0.05) is 18.6 Å². The molecule has 1 aliphatic carbocycles. The van der Waals surface area contributed by atoms with Crippen molar-refractivity contribution < 1.29 is 4.39 Å². The predicted molar refractivity (Wildman–Crippen MR) is 73.2 cm³/mol. The van der Waals surface area contributed by atoms with Crippen molar-refractivity contribution in [3.63, 3.8) is 0 Å². The van der Waals surface area contributed by atoms with Gasteiger partial charge in [-0.3, -0.25) is 4.90 Å². The average Bonchev–Trinajstić information content (AvgIpc) is 3.17. The van der Waals surface area contributed by atoms with Gasteiger partial charge in [0.05, 0.1) is 5.02 Å². The minimum Gasteiger partial charge on any atom is -0.329 e. The van der Waals surface area contributed by atoms with Gasteiger partial charge in [0.2, 0.25) is 0 Å². The minimum absolute atomic E-state index is 0.149. The summed E-state index contributed by atoms with van der Waals surface area (Å²) in [5.41, 5.74) is 6.93. The quantitative estimate of drug-likeness (QED) is 0.859. The van der Waals surface area contributed by atoms with E-state index in [1.807, 2.05) is 0 Å². The van der Waals surface area contributed by atoms with Crippen LogP contribution in [0.3, 0.4) is 0 Å². The highest BCUT2D eigenvalue weighted by atomic mass is 35.5. The third kappa shape index (κ3) is 3.02. The maximum absolute atomic E-state index is 13.2. The molecular formula is C14H20ClFN2. The first-order chi connectivity index (χ1) is 8.67. The zero-order chi connectivity index (χ0) is 13.1. The summed E-state index contributed by atoms with van der Waals surface area (Å²) in [6.07, 6.45) is 3.58. The van der Waals surface area contributed by atoms with E-state index in [4.69, 9.17) is 17.3 Å². The largest absolute Gasteiger partial charge is 0.329 e. The van der Waals surface area contributed by atoms with Crippen molar-refractivity contribution in [3.8, 4) is 0 Å². The van der Waals surface area contributed by atoms with E-state index in [0.717, 1.165) is 18.5 Å². The van der Waals surface area contributed by atoms with Crippen LogP contribution in [-0.2, 0) is 0 Å². The number of nitrogens with zero attached hydrogens (tertiary/aromatic N) is 1. The molecule has 0 aromatic heterocycles.